The van der Waals surface area contributed by atoms with Gasteiger partial charge in [-0.3, -0.25) is 4.79 Å². The van der Waals surface area contributed by atoms with Crippen molar-refractivity contribution in [3.8, 4) is 0 Å². The molecule has 1 aliphatic carbocycles. The normalized spacial score (nSPS) is 20.0. The van der Waals surface area contributed by atoms with Crippen LogP contribution in [0.1, 0.15) is 36.8 Å². The number of sulfonamides is 1. The first-order valence-corrected chi connectivity index (χ1v) is 11.2. The second-order valence-corrected chi connectivity index (χ2v) is 9.73. The summed E-state index contributed by atoms with van der Waals surface area (Å²) in [5.74, 6) is -1.38. The first-order valence-electron chi connectivity index (χ1n) is 9.80. The summed E-state index contributed by atoms with van der Waals surface area (Å²) in [6, 6.07) is 12.6. The van der Waals surface area contributed by atoms with Crippen molar-refractivity contribution in [1.29, 1.82) is 0 Å². The van der Waals surface area contributed by atoms with Gasteiger partial charge in [0, 0.05) is 13.1 Å². The molecule has 0 aromatic heterocycles. The number of carboxylic acid groups (broad SMARTS) is 1. The van der Waals surface area contributed by atoms with E-state index in [1.807, 2.05) is 6.92 Å². The van der Waals surface area contributed by atoms with E-state index in [4.69, 9.17) is 0 Å². The van der Waals surface area contributed by atoms with Crippen molar-refractivity contribution in [2.24, 2.45) is 11.8 Å². The molecular formula is C22H26FNO4S. The van der Waals surface area contributed by atoms with Crippen molar-refractivity contribution in [2.45, 2.75) is 44.0 Å². The summed E-state index contributed by atoms with van der Waals surface area (Å²) in [5.41, 5.74) is 1.68. The van der Waals surface area contributed by atoms with Crippen molar-refractivity contribution < 1.29 is 22.7 Å². The third-order valence-electron chi connectivity index (χ3n) is 5.59. The largest absolute Gasteiger partial charge is 0.481 e. The van der Waals surface area contributed by atoms with E-state index in [2.05, 4.69) is 0 Å². The average Bonchev–Trinajstić information content (AvgIpc) is 2.70. The number of halogens is 1. The summed E-state index contributed by atoms with van der Waals surface area (Å²) in [4.78, 5) is 11.4. The minimum atomic E-state index is -3.73. The van der Waals surface area contributed by atoms with Crippen LogP contribution in [0.3, 0.4) is 0 Å². The van der Waals surface area contributed by atoms with Gasteiger partial charge >= 0.3 is 5.97 Å². The summed E-state index contributed by atoms with van der Waals surface area (Å²) < 4.78 is 41.3. The Bertz CT molecular complexity index is 934. The summed E-state index contributed by atoms with van der Waals surface area (Å²) >= 11 is 0. The Morgan fingerprint density at radius 3 is 2.17 bits per heavy atom. The first-order chi connectivity index (χ1) is 13.8. The maximum Gasteiger partial charge on any atom is 0.306 e. The van der Waals surface area contributed by atoms with E-state index in [1.54, 1.807) is 36.4 Å². The highest BCUT2D eigenvalue weighted by Crippen LogP contribution is 2.31. The van der Waals surface area contributed by atoms with Gasteiger partial charge in [0.2, 0.25) is 10.0 Å². The van der Waals surface area contributed by atoms with Gasteiger partial charge in [0.05, 0.1) is 10.8 Å². The summed E-state index contributed by atoms with van der Waals surface area (Å²) in [6.07, 6.45) is 2.49. The molecule has 0 atom stereocenters. The molecule has 0 aliphatic heterocycles. The van der Waals surface area contributed by atoms with Crippen LogP contribution in [0, 0.1) is 24.6 Å². The maximum absolute atomic E-state index is 13.3. The molecular weight excluding hydrogens is 393 g/mol. The third-order valence-corrected chi connectivity index (χ3v) is 7.41. The van der Waals surface area contributed by atoms with Crippen molar-refractivity contribution >= 4 is 16.0 Å². The Labute approximate surface area is 171 Å². The minimum absolute atomic E-state index is 0.103. The predicted molar refractivity (Wildman–Crippen MR) is 108 cm³/mol. The molecule has 0 saturated heterocycles. The lowest BCUT2D eigenvalue weighted by Crippen LogP contribution is -2.36. The van der Waals surface area contributed by atoms with Crippen LogP contribution in [0.15, 0.2) is 53.4 Å². The van der Waals surface area contributed by atoms with Crippen molar-refractivity contribution in [1.82, 2.24) is 4.31 Å². The number of carboxylic acids is 1. The highest BCUT2D eigenvalue weighted by Gasteiger charge is 2.31. The number of carbonyl (C=O) groups is 1. The van der Waals surface area contributed by atoms with Crippen LogP contribution >= 0.6 is 0 Å². The van der Waals surface area contributed by atoms with Crippen LogP contribution in [0.2, 0.25) is 0 Å². The van der Waals surface area contributed by atoms with E-state index >= 15 is 0 Å². The minimum Gasteiger partial charge on any atom is -0.481 e. The topological polar surface area (TPSA) is 74.7 Å². The lowest BCUT2D eigenvalue weighted by atomic mass is 9.82. The van der Waals surface area contributed by atoms with E-state index in [0.29, 0.717) is 37.8 Å². The van der Waals surface area contributed by atoms with Crippen LogP contribution in [-0.4, -0.2) is 30.3 Å². The molecule has 5 nitrogen and oxygen atoms in total. The van der Waals surface area contributed by atoms with Gasteiger partial charge in [0.1, 0.15) is 5.82 Å². The number of nitrogens with zero attached hydrogens (tertiary/aromatic N) is 1. The van der Waals surface area contributed by atoms with E-state index in [1.165, 1.54) is 16.4 Å². The quantitative estimate of drug-likeness (QED) is 0.729. The number of hydrogen-bond donors (Lipinski definition) is 1. The molecule has 0 spiro atoms. The molecule has 0 heterocycles. The molecule has 156 valence electrons. The highest BCUT2D eigenvalue weighted by molar-refractivity contribution is 7.89. The molecule has 7 heteroatoms. The molecule has 1 saturated carbocycles. The standard InChI is InChI=1S/C22H26FNO4S/c1-16-2-12-21(13-3-16)29(27,28)24(15-18-6-10-20(23)11-7-18)14-17-4-8-19(9-5-17)22(25)26/h2-3,6-7,10-13,17,19H,4-5,8-9,14-15H2,1H3,(H,25,26). The van der Waals surface area contributed by atoms with E-state index in [9.17, 15) is 22.7 Å². The molecule has 2 aromatic carbocycles. The molecule has 29 heavy (non-hydrogen) atoms. The van der Waals surface area contributed by atoms with Gasteiger partial charge in [-0.25, -0.2) is 12.8 Å². The fraction of sp³-hybridized carbons (Fsp3) is 0.409. The third kappa shape index (κ3) is 5.42. The number of hydrogen-bond acceptors (Lipinski definition) is 3. The van der Waals surface area contributed by atoms with E-state index in [-0.39, 0.29) is 29.1 Å². The molecule has 2 aromatic rings. The van der Waals surface area contributed by atoms with Gasteiger partial charge in [0.15, 0.2) is 0 Å². The Morgan fingerprint density at radius 2 is 1.62 bits per heavy atom. The molecule has 1 N–H and O–H groups in total. The molecule has 0 unspecified atom stereocenters. The molecule has 0 radical (unpaired) electrons. The zero-order chi connectivity index (χ0) is 21.0. The monoisotopic (exact) mass is 419 g/mol. The lowest BCUT2D eigenvalue weighted by molar-refractivity contribution is -0.143. The Kier molecular flexibility index (Phi) is 6.70. The summed E-state index contributed by atoms with van der Waals surface area (Å²) in [6.45, 7) is 2.36. The number of aryl methyl sites for hydroxylation is 1. The van der Waals surface area contributed by atoms with Crippen molar-refractivity contribution in [3.05, 3.63) is 65.5 Å². The zero-order valence-corrected chi connectivity index (χ0v) is 17.2. The predicted octanol–water partition coefficient (Wildman–Crippen LogP) is 4.22. The molecule has 0 bridgehead atoms. The molecule has 1 fully saturated rings. The average molecular weight is 420 g/mol. The first kappa shape index (κ1) is 21.5. The fourth-order valence-electron chi connectivity index (χ4n) is 3.78. The van der Waals surface area contributed by atoms with Crippen molar-refractivity contribution in [3.63, 3.8) is 0 Å². The van der Waals surface area contributed by atoms with Gasteiger partial charge in [-0.1, -0.05) is 29.8 Å². The fourth-order valence-corrected chi connectivity index (χ4v) is 5.28. The Balaban J connectivity index is 1.82. The molecule has 3 rings (SSSR count). The van der Waals surface area contributed by atoms with Gasteiger partial charge in [-0.05, 0) is 68.4 Å². The zero-order valence-electron chi connectivity index (χ0n) is 16.4. The molecule has 1 aliphatic rings. The lowest BCUT2D eigenvalue weighted by Gasteiger charge is -2.31. The number of benzene rings is 2. The van der Waals surface area contributed by atoms with E-state index in [0.717, 1.165) is 5.56 Å². The highest BCUT2D eigenvalue weighted by atomic mass is 32.2. The van der Waals surface area contributed by atoms with Crippen LogP contribution in [-0.2, 0) is 21.4 Å². The van der Waals surface area contributed by atoms with Gasteiger partial charge in [-0.2, -0.15) is 4.31 Å². The number of rotatable bonds is 7. The number of aliphatic carboxylic acids is 1. The van der Waals surface area contributed by atoms with Crippen LogP contribution < -0.4 is 0 Å². The van der Waals surface area contributed by atoms with Gasteiger partial charge in [0.25, 0.3) is 0 Å². The van der Waals surface area contributed by atoms with Gasteiger partial charge in [-0.15, -0.1) is 0 Å². The van der Waals surface area contributed by atoms with E-state index < -0.39 is 16.0 Å². The Hall–Kier alpha value is -2.25. The second-order valence-electron chi connectivity index (χ2n) is 7.79. The molecule has 0 amide bonds. The summed E-state index contributed by atoms with van der Waals surface area (Å²) in [7, 11) is -3.73. The van der Waals surface area contributed by atoms with Gasteiger partial charge < -0.3 is 5.11 Å². The van der Waals surface area contributed by atoms with Crippen molar-refractivity contribution in [2.75, 3.05) is 6.54 Å². The SMILES string of the molecule is Cc1ccc(S(=O)(=O)N(Cc2ccc(F)cc2)CC2CCC(C(=O)O)CC2)cc1. The van der Waals surface area contributed by atoms with Crippen LogP contribution in [0.5, 0.6) is 0 Å². The second kappa shape index (κ2) is 9.05. The smallest absolute Gasteiger partial charge is 0.306 e. The van der Waals surface area contributed by atoms with Crippen LogP contribution in [0.4, 0.5) is 4.39 Å². The summed E-state index contributed by atoms with van der Waals surface area (Å²) in [5, 5.41) is 9.19. The maximum atomic E-state index is 13.3. The van der Waals surface area contributed by atoms with Crippen LogP contribution in [0.25, 0.3) is 0 Å². The Morgan fingerprint density at radius 1 is 1.03 bits per heavy atom.